The number of nitrogens with zero attached hydrogens (tertiary/aromatic N) is 1. The molecule has 0 radical (unpaired) electrons. The number of hydrogen-bond acceptors (Lipinski definition) is 4. The molecule has 0 aliphatic carbocycles. The summed E-state index contributed by atoms with van der Waals surface area (Å²) in [5, 5.41) is 0. The second kappa shape index (κ2) is 10.1. The lowest BCUT2D eigenvalue weighted by Crippen LogP contribution is -2.46. The summed E-state index contributed by atoms with van der Waals surface area (Å²) in [6.07, 6.45) is 3.16. The largest absolute Gasteiger partial charge is 0.341 e. The Hall–Kier alpha value is -1.11. The zero-order chi connectivity index (χ0) is 17.6. The van der Waals surface area contributed by atoms with Crippen LogP contribution in [0.4, 0.5) is 0 Å². The van der Waals surface area contributed by atoms with Gasteiger partial charge in [-0.15, -0.1) is 12.4 Å². The van der Waals surface area contributed by atoms with Crippen LogP contribution in [0.5, 0.6) is 0 Å². The number of sulfone groups is 1. The molecule has 2 unspecified atom stereocenters. The number of benzene rings is 1. The molecule has 2 N–H and O–H groups in total. The molecule has 5 nitrogen and oxygen atoms in total. The van der Waals surface area contributed by atoms with Gasteiger partial charge in [-0.1, -0.05) is 30.3 Å². The molecule has 2 atom stereocenters. The minimum absolute atomic E-state index is 0. The Labute approximate surface area is 157 Å². The molecule has 1 aliphatic heterocycles. The monoisotopic (exact) mass is 388 g/mol. The van der Waals surface area contributed by atoms with Crippen molar-refractivity contribution in [2.45, 2.75) is 38.6 Å². The predicted octanol–water partition coefficient (Wildman–Crippen LogP) is 2.04. The molecule has 25 heavy (non-hydrogen) atoms. The number of halogens is 1. The fourth-order valence-corrected chi connectivity index (χ4v) is 4.45. The van der Waals surface area contributed by atoms with E-state index in [9.17, 15) is 13.2 Å². The van der Waals surface area contributed by atoms with E-state index < -0.39 is 9.84 Å². The highest BCUT2D eigenvalue weighted by Crippen LogP contribution is 2.19. The van der Waals surface area contributed by atoms with E-state index in [2.05, 4.69) is 0 Å². The molecular weight excluding hydrogens is 360 g/mol. The molecule has 1 aromatic rings. The third-order valence-electron chi connectivity index (χ3n) is 4.66. The Bertz CT molecular complexity index is 635. The van der Waals surface area contributed by atoms with Crippen LogP contribution < -0.4 is 5.73 Å². The number of piperidine rings is 1. The predicted molar refractivity (Wildman–Crippen MR) is 104 cm³/mol. The van der Waals surface area contributed by atoms with Crippen molar-refractivity contribution in [2.75, 3.05) is 24.6 Å². The molecule has 1 heterocycles. The number of aryl methyl sites for hydroxylation is 1. The number of rotatable bonds is 7. The molecule has 1 aliphatic rings. The van der Waals surface area contributed by atoms with Crippen molar-refractivity contribution in [3.63, 3.8) is 0 Å². The quantitative estimate of drug-likeness (QED) is 0.775. The number of carbonyl (C=O) groups is 1. The fraction of sp³-hybridized carbons (Fsp3) is 0.611. The number of hydrogen-bond donors (Lipinski definition) is 1. The van der Waals surface area contributed by atoms with E-state index >= 15 is 0 Å². The third kappa shape index (κ3) is 7.34. The Morgan fingerprint density at radius 1 is 1.32 bits per heavy atom. The Morgan fingerprint density at radius 2 is 2.00 bits per heavy atom. The third-order valence-corrected chi connectivity index (χ3v) is 6.26. The summed E-state index contributed by atoms with van der Waals surface area (Å²) in [4.78, 5) is 14.0. The van der Waals surface area contributed by atoms with Gasteiger partial charge in [0.2, 0.25) is 5.91 Å². The topological polar surface area (TPSA) is 80.5 Å². The highest BCUT2D eigenvalue weighted by molar-refractivity contribution is 7.92. The standard InChI is InChI=1S/C18H28N2O3S.ClH/c1-15(19)17-10-5-11-20(13-17)18(21)14-24(22,23)12-6-9-16-7-3-2-4-8-16;/h2-4,7-8,15,17H,5-6,9-14,19H2,1H3;1H. The van der Waals surface area contributed by atoms with Crippen molar-refractivity contribution in [3.8, 4) is 0 Å². The van der Waals surface area contributed by atoms with Crippen LogP contribution >= 0.6 is 12.4 Å². The van der Waals surface area contributed by atoms with E-state index in [1.54, 1.807) is 4.90 Å². The van der Waals surface area contributed by atoms with Crippen LogP contribution in [-0.2, 0) is 21.1 Å². The van der Waals surface area contributed by atoms with Crippen LogP contribution in [0, 0.1) is 5.92 Å². The summed E-state index contributed by atoms with van der Waals surface area (Å²) in [6, 6.07) is 9.83. The summed E-state index contributed by atoms with van der Waals surface area (Å²) >= 11 is 0. The first-order chi connectivity index (χ1) is 11.4. The van der Waals surface area contributed by atoms with Gasteiger partial charge in [0.25, 0.3) is 0 Å². The highest BCUT2D eigenvalue weighted by Gasteiger charge is 2.28. The van der Waals surface area contributed by atoms with Crippen LogP contribution in [0.3, 0.4) is 0 Å². The fourth-order valence-electron chi connectivity index (χ4n) is 3.16. The van der Waals surface area contributed by atoms with Crippen LogP contribution in [0.1, 0.15) is 31.7 Å². The smallest absolute Gasteiger partial charge is 0.237 e. The van der Waals surface area contributed by atoms with Gasteiger partial charge in [0, 0.05) is 19.1 Å². The molecule has 1 aromatic carbocycles. The summed E-state index contributed by atoms with van der Waals surface area (Å²) < 4.78 is 24.4. The van der Waals surface area contributed by atoms with Gasteiger partial charge < -0.3 is 10.6 Å². The van der Waals surface area contributed by atoms with E-state index in [1.165, 1.54) is 0 Å². The zero-order valence-electron chi connectivity index (χ0n) is 14.8. The van der Waals surface area contributed by atoms with Crippen LogP contribution in [0.15, 0.2) is 30.3 Å². The lowest BCUT2D eigenvalue weighted by Gasteiger charge is -2.34. The maximum atomic E-state index is 12.3. The van der Waals surface area contributed by atoms with E-state index in [0.29, 0.717) is 25.9 Å². The van der Waals surface area contributed by atoms with Crippen LogP contribution in [-0.4, -0.2) is 49.9 Å². The number of amides is 1. The van der Waals surface area contributed by atoms with Gasteiger partial charge in [-0.25, -0.2) is 8.42 Å². The summed E-state index contributed by atoms with van der Waals surface area (Å²) in [5.41, 5.74) is 7.04. The molecule has 7 heteroatoms. The van der Waals surface area contributed by atoms with E-state index in [4.69, 9.17) is 5.73 Å². The first-order valence-corrected chi connectivity index (χ1v) is 10.5. The Balaban J connectivity index is 0.00000312. The van der Waals surface area contributed by atoms with Crippen molar-refractivity contribution in [2.24, 2.45) is 11.7 Å². The van der Waals surface area contributed by atoms with Crippen LogP contribution in [0.2, 0.25) is 0 Å². The van der Waals surface area contributed by atoms with Gasteiger partial charge in [-0.05, 0) is 44.1 Å². The summed E-state index contributed by atoms with van der Waals surface area (Å²) in [6.45, 7) is 3.16. The van der Waals surface area contributed by atoms with E-state index in [0.717, 1.165) is 18.4 Å². The van der Waals surface area contributed by atoms with Gasteiger partial charge in [0.15, 0.2) is 9.84 Å². The molecule has 0 spiro atoms. The highest BCUT2D eigenvalue weighted by atomic mass is 35.5. The summed E-state index contributed by atoms with van der Waals surface area (Å²) in [5.74, 6) is -0.338. The zero-order valence-corrected chi connectivity index (χ0v) is 16.4. The average molecular weight is 389 g/mol. The molecule has 0 aromatic heterocycles. The van der Waals surface area contributed by atoms with Gasteiger partial charge in [0.05, 0.1) is 5.75 Å². The summed E-state index contributed by atoms with van der Waals surface area (Å²) in [7, 11) is -3.36. The number of carbonyl (C=O) groups excluding carboxylic acids is 1. The molecule has 1 fully saturated rings. The van der Waals surface area contributed by atoms with Gasteiger partial charge >= 0.3 is 0 Å². The van der Waals surface area contributed by atoms with Crippen LogP contribution in [0.25, 0.3) is 0 Å². The maximum Gasteiger partial charge on any atom is 0.237 e. The lowest BCUT2D eigenvalue weighted by molar-refractivity contribution is -0.130. The van der Waals surface area contributed by atoms with Crippen molar-refractivity contribution < 1.29 is 13.2 Å². The van der Waals surface area contributed by atoms with E-state index in [1.807, 2.05) is 37.3 Å². The van der Waals surface area contributed by atoms with Crippen molar-refractivity contribution in [3.05, 3.63) is 35.9 Å². The van der Waals surface area contributed by atoms with Crippen molar-refractivity contribution in [1.29, 1.82) is 0 Å². The number of likely N-dealkylation sites (tertiary alicyclic amines) is 1. The van der Waals surface area contributed by atoms with Gasteiger partial charge in [-0.2, -0.15) is 0 Å². The molecule has 1 amide bonds. The molecule has 0 bridgehead atoms. The SMILES string of the molecule is CC(N)C1CCCN(C(=O)CS(=O)(=O)CCCc2ccccc2)C1.Cl. The average Bonchev–Trinajstić information content (AvgIpc) is 2.55. The minimum atomic E-state index is -3.36. The Morgan fingerprint density at radius 3 is 2.64 bits per heavy atom. The molecule has 142 valence electrons. The molecular formula is C18H29ClN2O3S. The normalized spacial score (nSPS) is 19.1. The second-order valence-electron chi connectivity index (χ2n) is 6.78. The van der Waals surface area contributed by atoms with Crippen molar-refractivity contribution >= 4 is 28.2 Å². The van der Waals surface area contributed by atoms with E-state index in [-0.39, 0.29) is 41.8 Å². The maximum absolute atomic E-state index is 12.3. The number of nitrogens with two attached hydrogens (primary N) is 1. The molecule has 0 saturated carbocycles. The molecule has 2 rings (SSSR count). The minimum Gasteiger partial charge on any atom is -0.341 e. The molecule has 1 saturated heterocycles. The van der Waals surface area contributed by atoms with Gasteiger partial charge in [0.1, 0.15) is 5.75 Å². The second-order valence-corrected chi connectivity index (χ2v) is 8.97. The van der Waals surface area contributed by atoms with Gasteiger partial charge in [-0.3, -0.25) is 4.79 Å². The first-order valence-electron chi connectivity index (χ1n) is 8.65. The first kappa shape index (κ1) is 21.9. The Kier molecular flexibility index (Phi) is 8.89. The lowest BCUT2D eigenvalue weighted by atomic mass is 9.92. The van der Waals surface area contributed by atoms with Crippen molar-refractivity contribution in [1.82, 2.24) is 4.90 Å².